The average molecular weight is 219 g/mol. The molecule has 0 radical (unpaired) electrons. The highest BCUT2D eigenvalue weighted by Crippen LogP contribution is 2.22. The summed E-state index contributed by atoms with van der Waals surface area (Å²) in [6.07, 6.45) is 0.436. The first-order valence-corrected chi connectivity index (χ1v) is 5.27. The third kappa shape index (κ3) is 2.05. The summed E-state index contributed by atoms with van der Waals surface area (Å²) in [6.45, 7) is 0. The molecule has 1 aliphatic rings. The van der Waals surface area contributed by atoms with E-state index in [4.69, 9.17) is 5.11 Å². The second kappa shape index (κ2) is 4.35. The molecule has 0 spiro atoms. The van der Waals surface area contributed by atoms with Crippen molar-refractivity contribution >= 4 is 12.0 Å². The highest BCUT2D eigenvalue weighted by Gasteiger charge is 2.35. The van der Waals surface area contributed by atoms with Gasteiger partial charge < -0.3 is 5.11 Å². The van der Waals surface area contributed by atoms with E-state index in [1.165, 1.54) is 0 Å². The van der Waals surface area contributed by atoms with E-state index >= 15 is 0 Å². The third-order valence-corrected chi connectivity index (χ3v) is 2.85. The Kier molecular flexibility index (Phi) is 2.90. The Morgan fingerprint density at radius 2 is 2.06 bits per heavy atom. The fourth-order valence-corrected chi connectivity index (χ4v) is 2.09. The minimum Gasteiger partial charge on any atom is -0.465 e. The van der Waals surface area contributed by atoms with Crippen molar-refractivity contribution in [1.82, 2.24) is 4.90 Å². The van der Waals surface area contributed by atoms with E-state index < -0.39 is 6.09 Å². The van der Waals surface area contributed by atoms with Gasteiger partial charge in [-0.2, -0.15) is 0 Å². The molecule has 4 heteroatoms. The Bertz CT molecular complexity index is 402. The number of carbonyl (C=O) groups is 2. The predicted molar refractivity (Wildman–Crippen MR) is 58.0 cm³/mol. The van der Waals surface area contributed by atoms with Crippen molar-refractivity contribution in [2.75, 3.05) is 0 Å². The standard InChI is InChI=1S/C12H13NO3/c14-11-7-6-10(13(11)12(15)16)8-9-4-2-1-3-5-9/h1-5,10H,6-8H2,(H,15,16). The molecule has 1 unspecified atom stereocenters. The third-order valence-electron chi connectivity index (χ3n) is 2.85. The van der Waals surface area contributed by atoms with E-state index in [0.717, 1.165) is 10.5 Å². The molecule has 1 heterocycles. The summed E-state index contributed by atoms with van der Waals surface area (Å²) in [5.41, 5.74) is 1.06. The van der Waals surface area contributed by atoms with Crippen LogP contribution in [-0.4, -0.2) is 28.0 Å². The maximum atomic E-state index is 11.4. The molecular weight excluding hydrogens is 206 g/mol. The van der Waals surface area contributed by atoms with Crippen molar-refractivity contribution in [1.29, 1.82) is 0 Å². The van der Waals surface area contributed by atoms with Gasteiger partial charge in [0.15, 0.2) is 0 Å². The van der Waals surface area contributed by atoms with Gasteiger partial charge in [0.25, 0.3) is 0 Å². The number of rotatable bonds is 2. The monoisotopic (exact) mass is 219 g/mol. The number of benzene rings is 1. The van der Waals surface area contributed by atoms with Gasteiger partial charge in [-0.15, -0.1) is 0 Å². The number of carbonyl (C=O) groups excluding carboxylic acids is 1. The summed E-state index contributed by atoms with van der Waals surface area (Å²) in [6, 6.07) is 9.44. The zero-order valence-electron chi connectivity index (χ0n) is 8.80. The molecule has 0 aromatic heterocycles. The Labute approximate surface area is 93.5 Å². The fourth-order valence-electron chi connectivity index (χ4n) is 2.09. The molecule has 0 aliphatic carbocycles. The number of carboxylic acid groups (broad SMARTS) is 1. The fraction of sp³-hybridized carbons (Fsp3) is 0.333. The summed E-state index contributed by atoms with van der Waals surface area (Å²) >= 11 is 0. The van der Waals surface area contributed by atoms with Gasteiger partial charge in [0.1, 0.15) is 0 Å². The van der Waals surface area contributed by atoms with Gasteiger partial charge in [-0.05, 0) is 18.4 Å². The molecule has 0 bridgehead atoms. The number of hydrogen-bond donors (Lipinski definition) is 1. The number of nitrogens with zero attached hydrogens (tertiary/aromatic N) is 1. The van der Waals surface area contributed by atoms with Gasteiger partial charge in [-0.1, -0.05) is 30.3 Å². The van der Waals surface area contributed by atoms with Crippen molar-refractivity contribution < 1.29 is 14.7 Å². The van der Waals surface area contributed by atoms with E-state index in [1.54, 1.807) is 0 Å². The molecule has 0 saturated carbocycles. The summed E-state index contributed by atoms with van der Waals surface area (Å²) < 4.78 is 0. The van der Waals surface area contributed by atoms with Crippen LogP contribution < -0.4 is 0 Å². The van der Waals surface area contributed by atoms with Crippen LogP contribution in [0.3, 0.4) is 0 Å². The lowest BCUT2D eigenvalue weighted by Gasteiger charge is -2.19. The number of likely N-dealkylation sites (tertiary alicyclic amines) is 1. The van der Waals surface area contributed by atoms with Crippen LogP contribution in [0.1, 0.15) is 18.4 Å². The summed E-state index contributed by atoms with van der Waals surface area (Å²) in [4.78, 5) is 23.2. The summed E-state index contributed by atoms with van der Waals surface area (Å²) in [5, 5.41) is 8.94. The van der Waals surface area contributed by atoms with Crippen LogP contribution in [0.4, 0.5) is 4.79 Å². The first-order chi connectivity index (χ1) is 7.68. The molecule has 1 aromatic rings. The van der Waals surface area contributed by atoms with Gasteiger partial charge in [0.05, 0.1) is 0 Å². The topological polar surface area (TPSA) is 57.6 Å². The Morgan fingerprint density at radius 1 is 1.38 bits per heavy atom. The average Bonchev–Trinajstić information content (AvgIpc) is 2.61. The molecule has 4 nitrogen and oxygen atoms in total. The van der Waals surface area contributed by atoms with Crippen molar-refractivity contribution in [3.8, 4) is 0 Å². The minimum atomic E-state index is -1.14. The van der Waals surface area contributed by atoms with Crippen LogP contribution in [0.15, 0.2) is 30.3 Å². The number of imide groups is 1. The number of hydrogen-bond acceptors (Lipinski definition) is 2. The normalized spacial score (nSPS) is 20.1. The van der Waals surface area contributed by atoms with E-state index in [1.807, 2.05) is 30.3 Å². The first kappa shape index (κ1) is 10.7. The van der Waals surface area contributed by atoms with E-state index in [2.05, 4.69) is 0 Å². The molecule has 1 N–H and O–H groups in total. The summed E-state index contributed by atoms with van der Waals surface area (Å²) in [5.74, 6) is -0.284. The second-order valence-electron chi connectivity index (χ2n) is 3.93. The van der Waals surface area contributed by atoms with Crippen molar-refractivity contribution in [2.24, 2.45) is 0 Å². The smallest absolute Gasteiger partial charge is 0.414 e. The molecule has 1 saturated heterocycles. The maximum Gasteiger partial charge on any atom is 0.414 e. The summed E-state index contributed by atoms with van der Waals surface area (Å²) in [7, 11) is 0. The van der Waals surface area contributed by atoms with Gasteiger partial charge in [-0.3, -0.25) is 4.79 Å². The Hall–Kier alpha value is -1.84. The van der Waals surface area contributed by atoms with Crippen molar-refractivity contribution in [3.05, 3.63) is 35.9 Å². The molecule has 2 rings (SSSR count). The quantitative estimate of drug-likeness (QED) is 0.826. The van der Waals surface area contributed by atoms with Gasteiger partial charge in [0.2, 0.25) is 5.91 Å². The van der Waals surface area contributed by atoms with E-state index in [0.29, 0.717) is 19.3 Å². The van der Waals surface area contributed by atoms with Crippen LogP contribution in [-0.2, 0) is 11.2 Å². The lowest BCUT2D eigenvalue weighted by molar-refractivity contribution is -0.126. The van der Waals surface area contributed by atoms with Gasteiger partial charge in [-0.25, -0.2) is 9.69 Å². The second-order valence-corrected chi connectivity index (χ2v) is 3.93. The SMILES string of the molecule is O=C(O)N1C(=O)CCC1Cc1ccccc1. The Morgan fingerprint density at radius 3 is 2.69 bits per heavy atom. The van der Waals surface area contributed by atoms with Crippen molar-refractivity contribution in [3.63, 3.8) is 0 Å². The van der Waals surface area contributed by atoms with Crippen molar-refractivity contribution in [2.45, 2.75) is 25.3 Å². The van der Waals surface area contributed by atoms with Gasteiger partial charge >= 0.3 is 6.09 Å². The molecule has 16 heavy (non-hydrogen) atoms. The van der Waals surface area contributed by atoms with E-state index in [9.17, 15) is 9.59 Å². The predicted octanol–water partition coefficient (Wildman–Crippen LogP) is 1.90. The minimum absolute atomic E-state index is 0.201. The molecule has 84 valence electrons. The van der Waals surface area contributed by atoms with Crippen LogP contribution in [0.25, 0.3) is 0 Å². The van der Waals surface area contributed by atoms with Crippen LogP contribution in [0.2, 0.25) is 0 Å². The maximum absolute atomic E-state index is 11.4. The molecular formula is C12H13NO3. The molecule has 1 atom stereocenters. The zero-order valence-corrected chi connectivity index (χ0v) is 8.80. The highest BCUT2D eigenvalue weighted by molar-refractivity contribution is 5.93. The molecule has 1 fully saturated rings. The van der Waals surface area contributed by atoms with Crippen LogP contribution in [0.5, 0.6) is 0 Å². The van der Waals surface area contributed by atoms with E-state index in [-0.39, 0.29) is 11.9 Å². The Balaban J connectivity index is 2.10. The molecule has 2 amide bonds. The lowest BCUT2D eigenvalue weighted by Crippen LogP contribution is -2.38. The zero-order chi connectivity index (χ0) is 11.5. The largest absolute Gasteiger partial charge is 0.465 e. The first-order valence-electron chi connectivity index (χ1n) is 5.27. The van der Waals surface area contributed by atoms with Crippen LogP contribution in [0, 0.1) is 0 Å². The molecule has 1 aliphatic heterocycles. The van der Waals surface area contributed by atoms with Gasteiger partial charge in [0, 0.05) is 12.5 Å². The highest BCUT2D eigenvalue weighted by atomic mass is 16.4. The van der Waals surface area contributed by atoms with Crippen LogP contribution >= 0.6 is 0 Å². The molecule has 1 aromatic carbocycles. The number of amides is 2. The lowest BCUT2D eigenvalue weighted by atomic mass is 10.0.